The smallest absolute Gasteiger partial charge is 0.243 e. The first-order valence-electron chi connectivity index (χ1n) is 9.14. The van der Waals surface area contributed by atoms with Crippen molar-refractivity contribution in [3.63, 3.8) is 0 Å². The summed E-state index contributed by atoms with van der Waals surface area (Å²) < 4.78 is 19.1. The zero-order valence-corrected chi connectivity index (χ0v) is 17.3. The first-order valence-corrected chi connectivity index (χ1v) is 9.51. The molecule has 0 aliphatic rings. The first kappa shape index (κ1) is 23.2. The van der Waals surface area contributed by atoms with E-state index in [1.807, 2.05) is 0 Å². The number of amides is 3. The lowest BCUT2D eigenvalue weighted by molar-refractivity contribution is -0.130. The summed E-state index contributed by atoms with van der Waals surface area (Å²) in [6.45, 7) is 1.24. The minimum absolute atomic E-state index is 0.0806. The largest absolute Gasteiger partial charge is 0.495 e. The summed E-state index contributed by atoms with van der Waals surface area (Å²) in [5.41, 5.74) is 6.35. The van der Waals surface area contributed by atoms with E-state index >= 15 is 0 Å². The van der Waals surface area contributed by atoms with Crippen molar-refractivity contribution in [3.05, 3.63) is 64.4 Å². The van der Waals surface area contributed by atoms with E-state index in [2.05, 4.69) is 10.6 Å². The molecule has 0 spiro atoms. The van der Waals surface area contributed by atoms with Gasteiger partial charge in [0.1, 0.15) is 23.7 Å². The predicted molar refractivity (Wildman–Crippen MR) is 111 cm³/mol. The Morgan fingerprint density at radius 3 is 2.37 bits per heavy atom. The molecule has 7 nitrogen and oxygen atoms in total. The molecule has 0 bridgehead atoms. The highest BCUT2D eigenvalue weighted by atomic mass is 35.5. The number of carbonyl (C=O) groups is 3. The minimum Gasteiger partial charge on any atom is -0.495 e. The monoisotopic (exact) mass is 435 g/mol. The van der Waals surface area contributed by atoms with Gasteiger partial charge < -0.3 is 21.1 Å². The lowest BCUT2D eigenvalue weighted by Crippen LogP contribution is -2.54. The third-order valence-corrected chi connectivity index (χ3v) is 4.69. The number of benzene rings is 2. The Hall–Kier alpha value is -3.13. The lowest BCUT2D eigenvalue weighted by atomic mass is 10.0. The van der Waals surface area contributed by atoms with Crippen LogP contribution in [0.15, 0.2) is 42.5 Å². The summed E-state index contributed by atoms with van der Waals surface area (Å²) in [6, 6.07) is 8.72. The Bertz CT molecular complexity index is 938. The van der Waals surface area contributed by atoms with Gasteiger partial charge in [0.2, 0.25) is 17.7 Å². The second-order valence-electron chi connectivity index (χ2n) is 6.69. The van der Waals surface area contributed by atoms with Gasteiger partial charge in [-0.2, -0.15) is 0 Å². The number of hydrogen-bond acceptors (Lipinski definition) is 4. The third-order valence-electron chi connectivity index (χ3n) is 4.39. The molecule has 0 aliphatic carbocycles. The van der Waals surface area contributed by atoms with Crippen LogP contribution < -0.4 is 21.1 Å². The zero-order valence-electron chi connectivity index (χ0n) is 16.6. The molecule has 0 saturated heterocycles. The van der Waals surface area contributed by atoms with E-state index < -0.39 is 35.6 Å². The van der Waals surface area contributed by atoms with E-state index in [1.54, 1.807) is 24.3 Å². The van der Waals surface area contributed by atoms with Gasteiger partial charge in [0, 0.05) is 19.8 Å². The maximum absolute atomic E-state index is 14.0. The summed E-state index contributed by atoms with van der Waals surface area (Å²) in [7, 11) is 1.48. The number of rotatable bonds is 9. The number of nitrogens with two attached hydrogens (primary N) is 1. The molecule has 0 saturated carbocycles. The van der Waals surface area contributed by atoms with E-state index in [4.69, 9.17) is 22.1 Å². The van der Waals surface area contributed by atoms with Crippen LogP contribution in [0.25, 0.3) is 0 Å². The fourth-order valence-electron chi connectivity index (χ4n) is 2.91. The quantitative estimate of drug-likeness (QED) is 0.557. The van der Waals surface area contributed by atoms with Crippen molar-refractivity contribution in [1.29, 1.82) is 0 Å². The van der Waals surface area contributed by atoms with Gasteiger partial charge in [-0.1, -0.05) is 35.9 Å². The maximum Gasteiger partial charge on any atom is 0.243 e. The number of primary amides is 1. The molecule has 3 amide bonds. The SMILES string of the molecule is COc1ccc(C[C@@H](NC(=O)[C@@H](Cc2ccccc2F)NC(C)=O)C(N)=O)cc1Cl. The summed E-state index contributed by atoms with van der Waals surface area (Å²) in [5.74, 6) is -1.92. The Labute approximate surface area is 178 Å². The van der Waals surface area contributed by atoms with Crippen molar-refractivity contribution in [2.75, 3.05) is 7.11 Å². The van der Waals surface area contributed by atoms with Crippen LogP contribution in [0.2, 0.25) is 5.02 Å². The number of ether oxygens (including phenoxy) is 1. The second kappa shape index (κ2) is 10.6. The molecule has 4 N–H and O–H groups in total. The highest BCUT2D eigenvalue weighted by Gasteiger charge is 2.26. The van der Waals surface area contributed by atoms with Crippen molar-refractivity contribution in [2.24, 2.45) is 5.73 Å². The van der Waals surface area contributed by atoms with Crippen LogP contribution in [0.4, 0.5) is 4.39 Å². The van der Waals surface area contributed by atoms with Crippen molar-refractivity contribution in [1.82, 2.24) is 10.6 Å². The number of halogens is 2. The Balaban J connectivity index is 2.17. The molecule has 0 heterocycles. The second-order valence-corrected chi connectivity index (χ2v) is 7.09. The van der Waals surface area contributed by atoms with E-state index in [0.29, 0.717) is 16.3 Å². The molecule has 0 aromatic heterocycles. The summed E-state index contributed by atoms with van der Waals surface area (Å²) in [6.07, 6.45) is -0.00475. The van der Waals surface area contributed by atoms with E-state index in [1.165, 1.54) is 32.2 Å². The van der Waals surface area contributed by atoms with Crippen LogP contribution in [0.1, 0.15) is 18.1 Å². The molecule has 30 heavy (non-hydrogen) atoms. The lowest BCUT2D eigenvalue weighted by Gasteiger charge is -2.22. The predicted octanol–water partition coefficient (Wildman–Crippen LogP) is 1.75. The summed E-state index contributed by atoms with van der Waals surface area (Å²) in [4.78, 5) is 36.2. The molecule has 9 heteroatoms. The Morgan fingerprint density at radius 2 is 1.80 bits per heavy atom. The van der Waals surface area contributed by atoms with Crippen molar-refractivity contribution < 1.29 is 23.5 Å². The van der Waals surface area contributed by atoms with Gasteiger partial charge in [0.05, 0.1) is 12.1 Å². The molecule has 160 valence electrons. The van der Waals surface area contributed by atoms with Gasteiger partial charge >= 0.3 is 0 Å². The van der Waals surface area contributed by atoms with Crippen LogP contribution in [0.3, 0.4) is 0 Å². The standard InChI is InChI=1S/C21H23ClFN3O4/c1-12(27)25-18(11-14-5-3-4-6-16(14)23)21(29)26-17(20(24)28)10-13-7-8-19(30-2)15(22)9-13/h3-9,17-18H,10-11H2,1-2H3,(H2,24,28)(H,25,27)(H,26,29)/t17-,18-/m1/s1. The number of methoxy groups -OCH3 is 1. The van der Waals surface area contributed by atoms with Gasteiger partial charge in [-0.05, 0) is 29.3 Å². The van der Waals surface area contributed by atoms with Crippen LogP contribution in [0.5, 0.6) is 5.75 Å². The van der Waals surface area contributed by atoms with Gasteiger partial charge in [-0.25, -0.2) is 4.39 Å². The fourth-order valence-corrected chi connectivity index (χ4v) is 3.19. The molecule has 2 aromatic carbocycles. The average molecular weight is 436 g/mol. The van der Waals surface area contributed by atoms with E-state index in [9.17, 15) is 18.8 Å². The zero-order chi connectivity index (χ0) is 22.3. The molecule has 0 radical (unpaired) electrons. The number of hydrogen-bond donors (Lipinski definition) is 3. The molecule has 0 fully saturated rings. The fraction of sp³-hybridized carbons (Fsp3) is 0.286. The van der Waals surface area contributed by atoms with E-state index in [0.717, 1.165) is 0 Å². The van der Waals surface area contributed by atoms with Crippen molar-refractivity contribution in [2.45, 2.75) is 31.8 Å². The van der Waals surface area contributed by atoms with Crippen molar-refractivity contribution in [3.8, 4) is 5.75 Å². The molecule has 2 atom stereocenters. The van der Waals surface area contributed by atoms with Gasteiger partial charge in [0.15, 0.2) is 0 Å². The molecule has 0 aliphatic heterocycles. The normalized spacial score (nSPS) is 12.5. The van der Waals surface area contributed by atoms with Crippen LogP contribution in [0, 0.1) is 5.82 Å². The van der Waals surface area contributed by atoms with E-state index in [-0.39, 0.29) is 18.4 Å². The highest BCUT2D eigenvalue weighted by molar-refractivity contribution is 6.32. The first-order chi connectivity index (χ1) is 14.2. The topological polar surface area (TPSA) is 111 Å². The van der Waals surface area contributed by atoms with Crippen molar-refractivity contribution >= 4 is 29.3 Å². The minimum atomic E-state index is -1.08. The Kier molecular flexibility index (Phi) is 8.17. The van der Waals surface area contributed by atoms with Crippen LogP contribution in [-0.2, 0) is 27.2 Å². The van der Waals surface area contributed by atoms with Crippen LogP contribution in [-0.4, -0.2) is 36.9 Å². The average Bonchev–Trinajstić information content (AvgIpc) is 2.68. The van der Waals surface area contributed by atoms with Gasteiger partial charge in [0.25, 0.3) is 0 Å². The molecular formula is C21H23ClFN3O4. The number of carbonyl (C=O) groups excluding carboxylic acids is 3. The molecule has 2 rings (SSSR count). The molecule has 0 unspecified atom stereocenters. The molecule has 2 aromatic rings. The highest BCUT2D eigenvalue weighted by Crippen LogP contribution is 2.25. The Morgan fingerprint density at radius 1 is 1.10 bits per heavy atom. The van der Waals surface area contributed by atoms with Crippen LogP contribution >= 0.6 is 11.6 Å². The van der Waals surface area contributed by atoms with Gasteiger partial charge in [-0.15, -0.1) is 0 Å². The summed E-state index contributed by atoms with van der Waals surface area (Å²) >= 11 is 6.10. The van der Waals surface area contributed by atoms with Gasteiger partial charge in [-0.3, -0.25) is 14.4 Å². The maximum atomic E-state index is 14.0. The third kappa shape index (κ3) is 6.45. The molecular weight excluding hydrogens is 413 g/mol. The number of nitrogens with one attached hydrogen (secondary N) is 2. The summed E-state index contributed by atoms with van der Waals surface area (Å²) in [5, 5.41) is 5.36.